The quantitative estimate of drug-likeness (QED) is 0.845. The Labute approximate surface area is 124 Å². The van der Waals surface area contributed by atoms with Crippen molar-refractivity contribution in [1.29, 1.82) is 0 Å². The van der Waals surface area contributed by atoms with Gasteiger partial charge < -0.3 is 0 Å². The van der Waals surface area contributed by atoms with E-state index in [1.54, 1.807) is 11.8 Å². The van der Waals surface area contributed by atoms with Gasteiger partial charge in [-0.05, 0) is 31.7 Å². The van der Waals surface area contributed by atoms with Crippen molar-refractivity contribution in [2.24, 2.45) is 5.92 Å². The lowest BCUT2D eigenvalue weighted by molar-refractivity contribution is 0.391. The van der Waals surface area contributed by atoms with E-state index in [4.69, 9.17) is 0 Å². The Bertz CT molecular complexity index is 558. The van der Waals surface area contributed by atoms with Crippen molar-refractivity contribution in [3.8, 4) is 11.4 Å². The number of thioether (sulfide) groups is 1. The van der Waals surface area contributed by atoms with Crippen LogP contribution in [0.15, 0.2) is 29.4 Å². The van der Waals surface area contributed by atoms with Crippen LogP contribution in [0, 0.1) is 12.8 Å². The summed E-state index contributed by atoms with van der Waals surface area (Å²) in [5, 5.41) is 8.27. The summed E-state index contributed by atoms with van der Waals surface area (Å²) in [4.78, 5) is 4.60. The summed E-state index contributed by atoms with van der Waals surface area (Å²) in [5.74, 6) is 2.89. The van der Waals surface area contributed by atoms with E-state index in [0.29, 0.717) is 0 Å². The van der Waals surface area contributed by atoms with Crippen LogP contribution in [0.1, 0.15) is 37.7 Å². The molecule has 0 unspecified atom stereocenters. The highest BCUT2D eigenvalue weighted by molar-refractivity contribution is 7.99. The smallest absolute Gasteiger partial charge is 0.208 e. The van der Waals surface area contributed by atoms with Gasteiger partial charge in [0, 0.05) is 11.3 Å². The molecule has 4 heteroatoms. The molecule has 0 amide bonds. The molecule has 3 rings (SSSR count). The maximum Gasteiger partial charge on any atom is 0.208 e. The lowest BCUT2D eigenvalue weighted by atomic mass is 9.91. The van der Waals surface area contributed by atoms with Gasteiger partial charge in [-0.1, -0.05) is 54.8 Å². The summed E-state index contributed by atoms with van der Waals surface area (Å²) in [6, 6.07) is 8.36. The van der Waals surface area contributed by atoms with E-state index >= 15 is 0 Å². The van der Waals surface area contributed by atoms with Gasteiger partial charge in [0.25, 0.3) is 0 Å². The topological polar surface area (TPSA) is 41.6 Å². The molecule has 0 spiro atoms. The lowest BCUT2D eigenvalue weighted by Crippen LogP contribution is -2.08. The van der Waals surface area contributed by atoms with Crippen molar-refractivity contribution < 1.29 is 0 Å². The van der Waals surface area contributed by atoms with E-state index in [2.05, 4.69) is 46.4 Å². The Hall–Kier alpha value is -1.29. The van der Waals surface area contributed by atoms with Gasteiger partial charge in [0.1, 0.15) is 0 Å². The summed E-state index contributed by atoms with van der Waals surface area (Å²) in [7, 11) is 0. The molecule has 1 aliphatic carbocycles. The first kappa shape index (κ1) is 13.7. The summed E-state index contributed by atoms with van der Waals surface area (Å²) in [5.41, 5.74) is 2.36. The second kappa shape index (κ2) is 6.44. The molecule has 1 aromatic carbocycles. The van der Waals surface area contributed by atoms with Crippen LogP contribution in [0.3, 0.4) is 0 Å². The zero-order chi connectivity index (χ0) is 13.8. The second-order valence-corrected chi connectivity index (χ2v) is 6.64. The molecule has 1 aliphatic rings. The number of benzene rings is 1. The van der Waals surface area contributed by atoms with Crippen LogP contribution in [0.4, 0.5) is 0 Å². The van der Waals surface area contributed by atoms with Crippen LogP contribution in [-0.4, -0.2) is 20.9 Å². The van der Waals surface area contributed by atoms with Gasteiger partial charge in [-0.25, -0.2) is 4.98 Å². The third kappa shape index (κ3) is 3.42. The van der Waals surface area contributed by atoms with Gasteiger partial charge in [-0.15, -0.1) is 5.10 Å². The Morgan fingerprint density at radius 2 is 2.10 bits per heavy atom. The van der Waals surface area contributed by atoms with Gasteiger partial charge in [0.2, 0.25) is 5.16 Å². The third-order valence-corrected chi connectivity index (χ3v) is 5.01. The van der Waals surface area contributed by atoms with E-state index in [1.165, 1.54) is 37.7 Å². The fourth-order valence-electron chi connectivity index (χ4n) is 2.78. The Kier molecular flexibility index (Phi) is 4.41. The number of aryl methyl sites for hydroxylation is 1. The highest BCUT2D eigenvalue weighted by atomic mass is 32.2. The first-order valence-electron chi connectivity index (χ1n) is 7.43. The molecule has 0 radical (unpaired) electrons. The molecule has 2 aromatic rings. The minimum atomic E-state index is 0.856. The van der Waals surface area contributed by atoms with Crippen molar-refractivity contribution in [2.75, 3.05) is 5.75 Å². The molecule has 20 heavy (non-hydrogen) atoms. The molecule has 0 aliphatic heterocycles. The first-order valence-corrected chi connectivity index (χ1v) is 8.42. The third-order valence-electron chi connectivity index (χ3n) is 3.93. The summed E-state index contributed by atoms with van der Waals surface area (Å²) < 4.78 is 0. The number of nitrogens with one attached hydrogen (secondary N) is 1. The standard InChI is InChI=1S/C16H21N3S/c1-12-6-5-9-14(10-12)15-17-16(19-18-15)20-11-13-7-3-2-4-8-13/h5-6,9-10,13H,2-4,7-8,11H2,1H3,(H,17,18,19). The van der Waals surface area contributed by atoms with Gasteiger partial charge in [0.05, 0.1) is 0 Å². The van der Waals surface area contributed by atoms with E-state index < -0.39 is 0 Å². The normalized spacial score (nSPS) is 16.4. The van der Waals surface area contributed by atoms with Crippen molar-refractivity contribution >= 4 is 11.8 Å². The van der Waals surface area contributed by atoms with Crippen molar-refractivity contribution in [2.45, 2.75) is 44.2 Å². The van der Waals surface area contributed by atoms with Crippen LogP contribution in [0.5, 0.6) is 0 Å². The molecule has 0 atom stereocenters. The van der Waals surface area contributed by atoms with E-state index in [9.17, 15) is 0 Å². The predicted molar refractivity (Wildman–Crippen MR) is 83.9 cm³/mol. The zero-order valence-electron chi connectivity index (χ0n) is 11.9. The highest BCUT2D eigenvalue weighted by Gasteiger charge is 2.15. The summed E-state index contributed by atoms with van der Waals surface area (Å²) >= 11 is 1.79. The number of hydrogen-bond acceptors (Lipinski definition) is 3. The van der Waals surface area contributed by atoms with Crippen LogP contribution in [-0.2, 0) is 0 Å². The maximum absolute atomic E-state index is 4.60. The molecule has 1 saturated carbocycles. The molecule has 1 N–H and O–H groups in total. The highest BCUT2D eigenvalue weighted by Crippen LogP contribution is 2.29. The number of H-pyrrole nitrogens is 1. The average molecular weight is 287 g/mol. The lowest BCUT2D eigenvalue weighted by Gasteiger charge is -2.20. The molecule has 0 bridgehead atoms. The molecular formula is C16H21N3S. The van der Waals surface area contributed by atoms with Crippen LogP contribution in [0.25, 0.3) is 11.4 Å². The second-order valence-electron chi connectivity index (χ2n) is 5.65. The number of hydrogen-bond donors (Lipinski definition) is 1. The van der Waals surface area contributed by atoms with Crippen molar-refractivity contribution in [3.05, 3.63) is 29.8 Å². The van der Waals surface area contributed by atoms with Crippen LogP contribution in [0.2, 0.25) is 0 Å². The van der Waals surface area contributed by atoms with Crippen molar-refractivity contribution in [3.63, 3.8) is 0 Å². The molecule has 3 nitrogen and oxygen atoms in total. The fraction of sp³-hybridized carbons (Fsp3) is 0.500. The fourth-order valence-corrected chi connectivity index (χ4v) is 3.76. The monoisotopic (exact) mass is 287 g/mol. The minimum Gasteiger partial charge on any atom is -0.258 e. The van der Waals surface area contributed by atoms with Gasteiger partial charge in [-0.2, -0.15) is 0 Å². The van der Waals surface area contributed by atoms with E-state index in [-0.39, 0.29) is 0 Å². The number of rotatable bonds is 4. The predicted octanol–water partition coefficient (Wildman–Crippen LogP) is 4.45. The minimum absolute atomic E-state index is 0.856. The number of nitrogens with zero attached hydrogens (tertiary/aromatic N) is 2. The Morgan fingerprint density at radius 1 is 1.25 bits per heavy atom. The number of aromatic nitrogens is 3. The summed E-state index contributed by atoms with van der Waals surface area (Å²) in [6.45, 7) is 2.10. The van der Waals surface area contributed by atoms with Crippen LogP contribution >= 0.6 is 11.8 Å². The SMILES string of the molecule is Cc1cccc(-c2nc(SCC3CCCCC3)n[nH]2)c1. The first-order chi connectivity index (χ1) is 9.81. The average Bonchev–Trinajstić information content (AvgIpc) is 2.95. The van der Waals surface area contributed by atoms with E-state index in [1.807, 2.05) is 0 Å². The molecular weight excluding hydrogens is 266 g/mol. The molecule has 1 fully saturated rings. The molecule has 0 saturated heterocycles. The number of aromatic amines is 1. The Morgan fingerprint density at radius 3 is 2.90 bits per heavy atom. The van der Waals surface area contributed by atoms with Gasteiger partial charge >= 0.3 is 0 Å². The van der Waals surface area contributed by atoms with Crippen molar-refractivity contribution in [1.82, 2.24) is 15.2 Å². The van der Waals surface area contributed by atoms with Gasteiger partial charge in [-0.3, -0.25) is 5.10 Å². The zero-order valence-corrected chi connectivity index (χ0v) is 12.7. The molecule has 106 valence electrons. The largest absolute Gasteiger partial charge is 0.258 e. The van der Waals surface area contributed by atoms with Gasteiger partial charge in [0.15, 0.2) is 5.82 Å². The van der Waals surface area contributed by atoms with E-state index in [0.717, 1.165) is 28.2 Å². The summed E-state index contributed by atoms with van der Waals surface area (Å²) in [6.07, 6.45) is 6.96. The van der Waals surface area contributed by atoms with Crippen LogP contribution < -0.4 is 0 Å². The maximum atomic E-state index is 4.60. The molecule has 1 heterocycles. The Balaban J connectivity index is 1.61. The molecule has 1 aromatic heterocycles.